The lowest BCUT2D eigenvalue weighted by Gasteiger charge is -2.24. The van der Waals surface area contributed by atoms with Crippen molar-refractivity contribution in [3.05, 3.63) is 12.7 Å². The van der Waals surface area contributed by atoms with E-state index in [1.54, 1.807) is 11.8 Å². The first-order chi connectivity index (χ1) is 18.1. The van der Waals surface area contributed by atoms with Gasteiger partial charge in [0.05, 0.1) is 25.0 Å². The predicted octanol–water partition coefficient (Wildman–Crippen LogP) is -1.22. The van der Waals surface area contributed by atoms with E-state index in [4.69, 9.17) is 15.0 Å². The van der Waals surface area contributed by atoms with Crippen molar-refractivity contribution in [2.75, 3.05) is 18.1 Å². The molecule has 2 amide bonds. The van der Waals surface area contributed by atoms with Crippen LogP contribution >= 0.6 is 19.6 Å². The molecule has 3 fully saturated rings. The first-order valence-electron chi connectivity index (χ1n) is 11.9. The Morgan fingerprint density at radius 1 is 1.29 bits per heavy atom. The minimum Gasteiger partial charge on any atom is -0.746 e. The van der Waals surface area contributed by atoms with E-state index in [0.717, 1.165) is 12.2 Å². The normalized spacial score (nSPS) is 32.1. The third-order valence-corrected chi connectivity index (χ3v) is 9.07. The molecular weight excluding hydrogens is 545 g/mol. The van der Waals surface area contributed by atoms with Gasteiger partial charge in [-0.2, -0.15) is 11.8 Å². The molecule has 2 aromatic heterocycles. The zero-order valence-electron chi connectivity index (χ0n) is 19.9. The predicted molar refractivity (Wildman–Crippen MR) is 129 cm³/mol. The highest BCUT2D eigenvalue weighted by Gasteiger charge is 2.45. The van der Waals surface area contributed by atoms with Crippen LogP contribution in [0.15, 0.2) is 12.7 Å². The minimum absolute atomic E-state index is 0.0555. The summed E-state index contributed by atoms with van der Waals surface area (Å²) in [5, 5.41) is 26.8. The minimum atomic E-state index is -5.05. The SMILES string of the molecule is Nc1ncnc2c1ncn2C1OC(COP(=O)([O-])OC(=O)CCCCC2SCC3NC(=O)NC32)C(O)C1O. The van der Waals surface area contributed by atoms with Crippen LogP contribution in [0.1, 0.15) is 31.9 Å². The van der Waals surface area contributed by atoms with E-state index in [-0.39, 0.29) is 46.8 Å². The van der Waals surface area contributed by atoms with Crippen LogP contribution in [0.5, 0.6) is 0 Å². The Balaban J connectivity index is 1.06. The Morgan fingerprint density at radius 3 is 2.92 bits per heavy atom. The fourth-order valence-electron chi connectivity index (χ4n) is 4.77. The van der Waals surface area contributed by atoms with Gasteiger partial charge in [-0.05, 0) is 12.8 Å². The van der Waals surface area contributed by atoms with Gasteiger partial charge >= 0.3 is 19.8 Å². The first-order valence-corrected chi connectivity index (χ1v) is 14.4. The van der Waals surface area contributed by atoms with E-state index in [9.17, 15) is 29.3 Å². The number of anilines is 1. The van der Waals surface area contributed by atoms with Gasteiger partial charge in [0.15, 0.2) is 17.7 Å². The summed E-state index contributed by atoms with van der Waals surface area (Å²) in [7, 11) is -5.05. The molecule has 0 saturated carbocycles. The van der Waals surface area contributed by atoms with Crippen molar-refractivity contribution in [3.8, 4) is 0 Å². The number of nitrogens with two attached hydrogens (primary N) is 1. The molecule has 6 N–H and O–H groups in total. The third kappa shape index (κ3) is 5.59. The van der Waals surface area contributed by atoms with Crippen molar-refractivity contribution in [3.63, 3.8) is 0 Å². The van der Waals surface area contributed by atoms with Crippen LogP contribution in [0.3, 0.4) is 0 Å². The number of nitrogens with one attached hydrogen (secondary N) is 2. The van der Waals surface area contributed by atoms with Gasteiger partial charge < -0.3 is 45.3 Å². The fourth-order valence-corrected chi connectivity index (χ4v) is 7.04. The van der Waals surface area contributed by atoms with Crippen molar-refractivity contribution in [1.29, 1.82) is 0 Å². The maximum Gasteiger partial charge on any atom is 0.322 e. The number of aromatic nitrogens is 4. The molecule has 0 aliphatic carbocycles. The van der Waals surface area contributed by atoms with Crippen molar-refractivity contribution in [2.24, 2.45) is 0 Å². The lowest BCUT2D eigenvalue weighted by Crippen LogP contribution is -2.36. The van der Waals surface area contributed by atoms with Gasteiger partial charge in [-0.25, -0.2) is 19.7 Å². The molecule has 208 valence electrons. The van der Waals surface area contributed by atoms with Crippen LogP contribution in [0.25, 0.3) is 11.2 Å². The molecule has 0 spiro atoms. The van der Waals surface area contributed by atoms with E-state index in [1.165, 1.54) is 17.2 Å². The molecule has 3 aliphatic heterocycles. The summed E-state index contributed by atoms with van der Waals surface area (Å²) < 4.78 is 28.4. The number of thioether (sulfide) groups is 1. The summed E-state index contributed by atoms with van der Waals surface area (Å²) in [4.78, 5) is 47.6. The standard InChI is InChI=1S/C20H28N7O9PS/c21-17-14-18(23-7-22-17)27(8-24-14)19-16(30)15(29)10(35-19)5-34-37(32,33)36-12(28)4-2-1-3-11-13-9(6-38-11)25-20(31)26-13/h7-11,13,15-16,19,29-30H,1-6H2,(H,32,33)(H2,21,22,23)(H2,25,26,31)/p-1. The maximum atomic E-state index is 12.2. The fraction of sp³-hybridized carbons (Fsp3) is 0.650. The van der Waals surface area contributed by atoms with E-state index in [1.807, 2.05) is 0 Å². The lowest BCUT2D eigenvalue weighted by molar-refractivity contribution is -0.227. The number of nitrogen functional groups attached to an aromatic ring is 1. The molecule has 5 rings (SSSR count). The topological polar surface area (TPSA) is 236 Å². The number of aliphatic hydroxyl groups is 2. The van der Waals surface area contributed by atoms with Gasteiger partial charge in [-0.1, -0.05) is 6.42 Å². The number of carbonyl (C=O) groups is 2. The van der Waals surface area contributed by atoms with E-state index < -0.39 is 44.9 Å². The van der Waals surface area contributed by atoms with Crippen LogP contribution < -0.4 is 21.3 Å². The van der Waals surface area contributed by atoms with Gasteiger partial charge in [0.25, 0.3) is 0 Å². The molecule has 3 saturated heterocycles. The monoisotopic (exact) mass is 572 g/mol. The van der Waals surface area contributed by atoms with Gasteiger partial charge in [-0.3, -0.25) is 13.9 Å². The number of amides is 2. The molecule has 8 unspecified atom stereocenters. The molecule has 5 heterocycles. The zero-order chi connectivity index (χ0) is 27.0. The number of imidazole rings is 1. The average molecular weight is 573 g/mol. The van der Waals surface area contributed by atoms with Crippen LogP contribution in [-0.2, 0) is 23.1 Å². The number of phosphoric ester groups is 1. The van der Waals surface area contributed by atoms with Crippen LogP contribution in [0.2, 0.25) is 0 Å². The second kappa shape index (κ2) is 10.9. The first kappa shape index (κ1) is 27.1. The van der Waals surface area contributed by atoms with E-state index in [0.29, 0.717) is 12.8 Å². The van der Waals surface area contributed by atoms with Crippen molar-refractivity contribution in [1.82, 2.24) is 30.2 Å². The van der Waals surface area contributed by atoms with Crippen LogP contribution in [0, 0.1) is 0 Å². The molecule has 0 aromatic carbocycles. The summed E-state index contributed by atoms with van der Waals surface area (Å²) >= 11 is 1.75. The smallest absolute Gasteiger partial charge is 0.322 e. The Hall–Kier alpha value is -2.53. The van der Waals surface area contributed by atoms with E-state index >= 15 is 0 Å². The largest absolute Gasteiger partial charge is 0.746 e. The van der Waals surface area contributed by atoms with Gasteiger partial charge in [0, 0.05) is 17.4 Å². The summed E-state index contributed by atoms with van der Waals surface area (Å²) in [6.45, 7) is -0.701. The molecule has 38 heavy (non-hydrogen) atoms. The Kier molecular flexibility index (Phi) is 7.77. The molecule has 2 aromatic rings. The highest BCUT2D eigenvalue weighted by Crippen LogP contribution is 2.41. The second-order valence-corrected chi connectivity index (χ2v) is 11.8. The van der Waals surface area contributed by atoms with Crippen LogP contribution in [0.4, 0.5) is 10.6 Å². The molecule has 8 atom stereocenters. The van der Waals surface area contributed by atoms with Gasteiger partial charge in [0.2, 0.25) is 0 Å². The number of phosphoric acid groups is 1. The number of unbranched alkanes of at least 4 members (excludes halogenated alkanes) is 1. The molecule has 18 heteroatoms. The molecule has 3 aliphatic rings. The third-order valence-electron chi connectivity index (χ3n) is 6.67. The Morgan fingerprint density at radius 2 is 2.11 bits per heavy atom. The zero-order valence-corrected chi connectivity index (χ0v) is 21.6. The quantitative estimate of drug-likeness (QED) is 0.128. The van der Waals surface area contributed by atoms with Gasteiger partial charge in [-0.15, -0.1) is 0 Å². The summed E-state index contributed by atoms with van der Waals surface area (Å²) in [6.07, 6.45) is -1.22. The highest BCUT2D eigenvalue weighted by atomic mass is 32.2. The molecule has 16 nitrogen and oxygen atoms in total. The number of ether oxygens (including phenoxy) is 1. The van der Waals surface area contributed by atoms with Crippen LogP contribution in [-0.4, -0.2) is 89.7 Å². The van der Waals surface area contributed by atoms with Crippen molar-refractivity contribution < 1.29 is 43.0 Å². The lowest BCUT2D eigenvalue weighted by atomic mass is 10.0. The summed E-state index contributed by atoms with van der Waals surface area (Å²) in [6, 6.07) is -0.00717. The van der Waals surface area contributed by atoms with Crippen molar-refractivity contribution >= 4 is 48.6 Å². The highest BCUT2D eigenvalue weighted by molar-refractivity contribution is 8.00. The maximum absolute atomic E-state index is 12.2. The number of carbonyl (C=O) groups excluding carboxylic acids is 2. The number of urea groups is 1. The van der Waals surface area contributed by atoms with Crippen molar-refractivity contribution in [2.45, 2.75) is 67.6 Å². The second-order valence-electron chi connectivity index (χ2n) is 9.20. The summed E-state index contributed by atoms with van der Waals surface area (Å²) in [5.74, 6) is -0.0307. The van der Waals surface area contributed by atoms with Gasteiger partial charge in [0.1, 0.15) is 30.2 Å². The van der Waals surface area contributed by atoms with E-state index in [2.05, 4.69) is 30.1 Å². The number of hydrogen-bond acceptors (Lipinski definition) is 14. The number of fused-ring (bicyclic) bond motifs is 2. The molecular formula is C20H27N7O9PS-. The number of rotatable bonds is 10. The number of hydrogen-bond donors (Lipinski definition) is 5. The number of aliphatic hydroxyl groups excluding tert-OH is 2. The molecule has 0 bridgehead atoms. The Bertz CT molecular complexity index is 1250. The average Bonchev–Trinajstić information content (AvgIpc) is 3.61. The Labute approximate surface area is 220 Å². The summed E-state index contributed by atoms with van der Waals surface area (Å²) in [5.41, 5.74) is 6.27. The molecule has 0 radical (unpaired) electrons. The number of nitrogens with zero attached hydrogens (tertiary/aromatic N) is 4.